The van der Waals surface area contributed by atoms with Crippen molar-refractivity contribution in [3.8, 4) is 0 Å². The second kappa shape index (κ2) is 3.70. The highest BCUT2D eigenvalue weighted by atomic mass is 16.1. The van der Waals surface area contributed by atoms with E-state index in [2.05, 4.69) is 13.2 Å². The molecular formula is C11H16O. The molecule has 0 radical (unpaired) electrons. The molecule has 0 heterocycles. The van der Waals surface area contributed by atoms with Crippen molar-refractivity contribution in [2.24, 2.45) is 5.41 Å². The topological polar surface area (TPSA) is 17.1 Å². The largest absolute Gasteiger partial charge is 0.299 e. The Morgan fingerprint density at radius 3 is 2.67 bits per heavy atom. The van der Waals surface area contributed by atoms with Crippen LogP contribution in [0.1, 0.15) is 32.1 Å². The molecule has 1 heteroatoms. The first kappa shape index (κ1) is 9.24. The minimum Gasteiger partial charge on any atom is -0.299 e. The second-order valence-corrected chi connectivity index (χ2v) is 3.48. The fraction of sp³-hybridized carbons (Fsp3) is 0.545. The molecule has 0 aromatic heterocycles. The van der Waals surface area contributed by atoms with Gasteiger partial charge in [-0.2, -0.15) is 0 Å². The van der Waals surface area contributed by atoms with Crippen LogP contribution in [0.3, 0.4) is 0 Å². The van der Waals surface area contributed by atoms with E-state index in [1.165, 1.54) is 0 Å². The maximum Gasteiger partial charge on any atom is 0.143 e. The molecule has 1 saturated carbocycles. The summed E-state index contributed by atoms with van der Waals surface area (Å²) in [5.41, 5.74) is -0.264. The number of rotatable bonds is 3. The van der Waals surface area contributed by atoms with E-state index in [0.717, 1.165) is 32.1 Å². The van der Waals surface area contributed by atoms with E-state index in [1.54, 1.807) is 0 Å². The SMILES string of the molecule is C=CCC1(C=C)CCCCC1=O. The van der Waals surface area contributed by atoms with Crippen molar-refractivity contribution >= 4 is 5.78 Å². The summed E-state index contributed by atoms with van der Waals surface area (Å²) in [7, 11) is 0. The van der Waals surface area contributed by atoms with Gasteiger partial charge in [0, 0.05) is 6.42 Å². The summed E-state index contributed by atoms with van der Waals surface area (Å²) in [6, 6.07) is 0. The van der Waals surface area contributed by atoms with Crippen LogP contribution in [0.2, 0.25) is 0 Å². The third-order valence-electron chi connectivity index (χ3n) is 2.73. The van der Waals surface area contributed by atoms with Crippen LogP contribution in [0, 0.1) is 5.41 Å². The smallest absolute Gasteiger partial charge is 0.143 e. The first-order valence-electron chi connectivity index (χ1n) is 4.53. The van der Waals surface area contributed by atoms with Crippen LogP contribution in [0.4, 0.5) is 0 Å². The third-order valence-corrected chi connectivity index (χ3v) is 2.73. The third kappa shape index (κ3) is 1.50. The van der Waals surface area contributed by atoms with Gasteiger partial charge < -0.3 is 0 Å². The Bertz CT molecular complexity index is 205. The number of hydrogen-bond acceptors (Lipinski definition) is 1. The van der Waals surface area contributed by atoms with E-state index in [-0.39, 0.29) is 5.41 Å². The van der Waals surface area contributed by atoms with E-state index in [4.69, 9.17) is 0 Å². The van der Waals surface area contributed by atoms with Gasteiger partial charge in [0.2, 0.25) is 0 Å². The summed E-state index contributed by atoms with van der Waals surface area (Å²) in [5.74, 6) is 0.351. The van der Waals surface area contributed by atoms with E-state index in [0.29, 0.717) is 5.78 Å². The van der Waals surface area contributed by atoms with E-state index in [1.807, 2.05) is 12.2 Å². The molecule has 0 N–H and O–H groups in total. The van der Waals surface area contributed by atoms with Crippen molar-refractivity contribution < 1.29 is 4.79 Å². The van der Waals surface area contributed by atoms with Crippen molar-refractivity contribution in [2.75, 3.05) is 0 Å². The molecule has 1 nitrogen and oxygen atoms in total. The normalized spacial score (nSPS) is 29.8. The standard InChI is InChI=1S/C11H16O/c1-3-8-11(4-2)9-6-5-7-10(11)12/h3-4H,1-2,5-9H2. The van der Waals surface area contributed by atoms with E-state index in [9.17, 15) is 4.79 Å². The molecule has 1 atom stereocenters. The zero-order chi connectivity index (χ0) is 9.03. The van der Waals surface area contributed by atoms with Gasteiger partial charge in [-0.05, 0) is 19.3 Å². The van der Waals surface area contributed by atoms with Crippen LogP contribution < -0.4 is 0 Å². The van der Waals surface area contributed by atoms with Gasteiger partial charge in [0.15, 0.2) is 0 Å². The molecule has 0 amide bonds. The number of allylic oxidation sites excluding steroid dienone is 2. The van der Waals surface area contributed by atoms with Crippen molar-refractivity contribution in [3.05, 3.63) is 25.3 Å². The Hall–Kier alpha value is -0.850. The Labute approximate surface area is 74.2 Å². The molecule has 12 heavy (non-hydrogen) atoms. The van der Waals surface area contributed by atoms with E-state index >= 15 is 0 Å². The fourth-order valence-corrected chi connectivity index (χ4v) is 1.89. The highest BCUT2D eigenvalue weighted by molar-refractivity contribution is 5.87. The lowest BCUT2D eigenvalue weighted by Gasteiger charge is -2.31. The molecule has 1 aliphatic carbocycles. The summed E-state index contributed by atoms with van der Waals surface area (Å²) < 4.78 is 0. The van der Waals surface area contributed by atoms with Crippen molar-refractivity contribution in [1.29, 1.82) is 0 Å². The van der Waals surface area contributed by atoms with Gasteiger partial charge in [-0.3, -0.25) is 4.79 Å². The van der Waals surface area contributed by atoms with Gasteiger partial charge in [-0.25, -0.2) is 0 Å². The summed E-state index contributed by atoms with van der Waals surface area (Å²) in [5, 5.41) is 0. The fourth-order valence-electron chi connectivity index (χ4n) is 1.89. The van der Waals surface area contributed by atoms with Crippen molar-refractivity contribution in [3.63, 3.8) is 0 Å². The molecule has 0 bridgehead atoms. The van der Waals surface area contributed by atoms with Gasteiger partial charge in [-0.1, -0.05) is 18.6 Å². The lowest BCUT2D eigenvalue weighted by atomic mass is 9.71. The maximum atomic E-state index is 11.6. The monoisotopic (exact) mass is 164 g/mol. The summed E-state index contributed by atoms with van der Waals surface area (Å²) in [6.45, 7) is 7.44. The van der Waals surface area contributed by atoms with Crippen LogP contribution in [0.5, 0.6) is 0 Å². The number of Topliss-reactive ketones (excluding diaryl/α,β-unsaturated/α-hetero) is 1. The molecule has 66 valence electrons. The minimum atomic E-state index is -0.264. The minimum absolute atomic E-state index is 0.264. The van der Waals surface area contributed by atoms with Crippen LogP contribution in [0.25, 0.3) is 0 Å². The number of ketones is 1. The zero-order valence-corrected chi connectivity index (χ0v) is 7.51. The van der Waals surface area contributed by atoms with E-state index < -0.39 is 0 Å². The molecule has 0 saturated heterocycles. The van der Waals surface area contributed by atoms with Gasteiger partial charge in [0.05, 0.1) is 5.41 Å². The highest BCUT2D eigenvalue weighted by Gasteiger charge is 2.35. The van der Waals surface area contributed by atoms with Gasteiger partial charge >= 0.3 is 0 Å². The molecule has 0 spiro atoms. The number of carbonyl (C=O) groups excluding carboxylic acids is 1. The molecule has 0 aliphatic heterocycles. The molecule has 1 unspecified atom stereocenters. The second-order valence-electron chi connectivity index (χ2n) is 3.48. The lowest BCUT2D eigenvalue weighted by Crippen LogP contribution is -2.31. The number of carbonyl (C=O) groups is 1. The number of hydrogen-bond donors (Lipinski definition) is 0. The van der Waals surface area contributed by atoms with Crippen LogP contribution in [0.15, 0.2) is 25.3 Å². The van der Waals surface area contributed by atoms with Crippen LogP contribution in [-0.2, 0) is 4.79 Å². The quantitative estimate of drug-likeness (QED) is 0.586. The highest BCUT2D eigenvalue weighted by Crippen LogP contribution is 2.37. The predicted octanol–water partition coefficient (Wildman–Crippen LogP) is 2.88. The molecule has 0 aromatic carbocycles. The maximum absolute atomic E-state index is 11.6. The average Bonchev–Trinajstić information content (AvgIpc) is 2.10. The van der Waals surface area contributed by atoms with Gasteiger partial charge in [0.25, 0.3) is 0 Å². The summed E-state index contributed by atoms with van der Waals surface area (Å²) in [6.07, 6.45) is 8.27. The Balaban J connectivity index is 2.79. The predicted molar refractivity (Wildman–Crippen MR) is 50.9 cm³/mol. The lowest BCUT2D eigenvalue weighted by molar-refractivity contribution is -0.128. The Kier molecular flexibility index (Phi) is 2.85. The zero-order valence-electron chi connectivity index (χ0n) is 7.51. The first-order valence-corrected chi connectivity index (χ1v) is 4.53. The molecule has 1 rings (SSSR count). The van der Waals surface area contributed by atoms with Crippen molar-refractivity contribution in [2.45, 2.75) is 32.1 Å². The van der Waals surface area contributed by atoms with Crippen LogP contribution >= 0.6 is 0 Å². The molecule has 0 aromatic rings. The molecule has 1 fully saturated rings. The Morgan fingerprint density at radius 1 is 1.42 bits per heavy atom. The average molecular weight is 164 g/mol. The molecule has 1 aliphatic rings. The summed E-state index contributed by atoms with van der Waals surface area (Å²) in [4.78, 5) is 11.6. The van der Waals surface area contributed by atoms with Gasteiger partial charge in [0.1, 0.15) is 5.78 Å². The summed E-state index contributed by atoms with van der Waals surface area (Å²) >= 11 is 0. The Morgan fingerprint density at radius 2 is 2.17 bits per heavy atom. The first-order chi connectivity index (χ1) is 5.75. The molecular weight excluding hydrogens is 148 g/mol. The van der Waals surface area contributed by atoms with Gasteiger partial charge in [-0.15, -0.1) is 13.2 Å². The van der Waals surface area contributed by atoms with Crippen LogP contribution in [-0.4, -0.2) is 5.78 Å². The van der Waals surface area contributed by atoms with Crippen molar-refractivity contribution in [1.82, 2.24) is 0 Å².